The van der Waals surface area contributed by atoms with Crippen LogP contribution in [-0.2, 0) is 16.1 Å². The second-order valence-electron chi connectivity index (χ2n) is 4.58. The smallest absolute Gasteiger partial charge is 0.337 e. The molecule has 1 aliphatic heterocycles. The molecule has 0 aliphatic carbocycles. The number of nitrogens with zero attached hydrogens (tertiary/aromatic N) is 1. The molecule has 2 rings (SSSR count). The first-order valence-corrected chi connectivity index (χ1v) is 7.07. The Labute approximate surface area is 122 Å². The Balaban J connectivity index is 2.66. The van der Waals surface area contributed by atoms with Gasteiger partial charge >= 0.3 is 11.9 Å². The number of aromatic carboxylic acids is 1. The predicted octanol–water partition coefficient (Wildman–Crippen LogP) is 0.599. The molecule has 0 saturated carbocycles. The third-order valence-corrected chi connectivity index (χ3v) is 4.04. The molecule has 0 saturated heterocycles. The summed E-state index contributed by atoms with van der Waals surface area (Å²) in [5.74, 6) is -3.19. The van der Waals surface area contributed by atoms with Crippen LogP contribution in [0.5, 0.6) is 0 Å². The summed E-state index contributed by atoms with van der Waals surface area (Å²) in [6, 6.07) is 2.59. The Morgan fingerprint density at radius 2 is 2.10 bits per heavy atom. The standard InChI is InChI=1S/C12H14N2O6S/c1-14(21(19)20)6-4-8-7(11(15)16)2-3-13-10(8)9(5-6)12(17)18/h4-5,7,13H,2-3H2,1H3,(H,15,16)(H,17,18)(H,19,20)/p-1. The van der Waals surface area contributed by atoms with Crippen LogP contribution in [-0.4, -0.2) is 44.5 Å². The van der Waals surface area contributed by atoms with Crippen molar-refractivity contribution >= 4 is 34.6 Å². The minimum Gasteiger partial charge on any atom is -0.755 e. The lowest BCUT2D eigenvalue weighted by atomic mass is 9.88. The first-order valence-electron chi connectivity index (χ1n) is 6.04. The van der Waals surface area contributed by atoms with Crippen molar-refractivity contribution in [2.45, 2.75) is 12.3 Å². The van der Waals surface area contributed by atoms with Crippen molar-refractivity contribution in [3.63, 3.8) is 0 Å². The van der Waals surface area contributed by atoms with Crippen LogP contribution in [0.25, 0.3) is 0 Å². The quantitative estimate of drug-likeness (QED) is 0.694. The molecule has 2 atom stereocenters. The van der Waals surface area contributed by atoms with E-state index in [1.807, 2.05) is 0 Å². The molecule has 0 amide bonds. The molecule has 8 nitrogen and oxygen atoms in total. The maximum Gasteiger partial charge on any atom is 0.337 e. The number of carboxylic acid groups (broad SMARTS) is 2. The van der Waals surface area contributed by atoms with Gasteiger partial charge in [0, 0.05) is 30.5 Å². The van der Waals surface area contributed by atoms with E-state index in [0.717, 1.165) is 4.31 Å². The van der Waals surface area contributed by atoms with Crippen molar-refractivity contribution in [2.75, 3.05) is 23.2 Å². The van der Waals surface area contributed by atoms with Crippen LogP contribution in [0.15, 0.2) is 12.1 Å². The molecule has 0 bridgehead atoms. The van der Waals surface area contributed by atoms with Crippen LogP contribution in [0.4, 0.5) is 11.4 Å². The minimum atomic E-state index is -2.58. The molecule has 0 fully saturated rings. The van der Waals surface area contributed by atoms with Gasteiger partial charge in [0.1, 0.15) is 0 Å². The van der Waals surface area contributed by atoms with Gasteiger partial charge < -0.3 is 24.4 Å². The number of nitrogens with one attached hydrogen (secondary N) is 1. The first-order chi connectivity index (χ1) is 9.82. The van der Waals surface area contributed by atoms with Gasteiger partial charge in [-0.1, -0.05) is 0 Å². The molecular weight excluding hydrogens is 300 g/mol. The highest BCUT2D eigenvalue weighted by Gasteiger charge is 2.30. The maximum absolute atomic E-state index is 11.3. The Bertz CT molecular complexity index is 632. The van der Waals surface area contributed by atoms with Crippen LogP contribution in [0, 0.1) is 0 Å². The van der Waals surface area contributed by atoms with Gasteiger partial charge in [0.2, 0.25) is 0 Å². The van der Waals surface area contributed by atoms with Gasteiger partial charge in [-0.2, -0.15) is 0 Å². The Morgan fingerprint density at radius 3 is 2.62 bits per heavy atom. The van der Waals surface area contributed by atoms with E-state index in [4.69, 9.17) is 0 Å². The van der Waals surface area contributed by atoms with Crippen LogP contribution in [0.2, 0.25) is 0 Å². The van der Waals surface area contributed by atoms with E-state index >= 15 is 0 Å². The van der Waals surface area contributed by atoms with E-state index in [2.05, 4.69) is 5.32 Å². The number of carboxylic acids is 2. The monoisotopic (exact) mass is 313 g/mol. The minimum absolute atomic E-state index is 0.106. The number of rotatable bonds is 4. The molecule has 2 unspecified atom stereocenters. The van der Waals surface area contributed by atoms with Gasteiger partial charge in [-0.05, 0) is 24.1 Å². The van der Waals surface area contributed by atoms with Crippen LogP contribution in [0.1, 0.15) is 28.3 Å². The molecule has 1 aliphatic rings. The van der Waals surface area contributed by atoms with E-state index in [-0.39, 0.29) is 22.5 Å². The fourth-order valence-corrected chi connectivity index (χ4v) is 2.59. The number of hydrogen-bond donors (Lipinski definition) is 3. The zero-order valence-electron chi connectivity index (χ0n) is 11.0. The third kappa shape index (κ3) is 2.83. The Hall–Kier alpha value is -2.13. The number of aliphatic carboxylic acids is 1. The highest BCUT2D eigenvalue weighted by Crippen LogP contribution is 2.37. The molecule has 0 aromatic heterocycles. The van der Waals surface area contributed by atoms with E-state index in [9.17, 15) is 28.6 Å². The van der Waals surface area contributed by atoms with Crippen LogP contribution < -0.4 is 9.62 Å². The SMILES string of the molecule is CN(c1cc(C(=O)O)c2c(c1)C(C(=O)O)CCN2)S(=O)[O-]. The molecular formula is C12H13N2O6S-. The lowest BCUT2D eigenvalue weighted by Crippen LogP contribution is -2.26. The molecule has 3 N–H and O–H groups in total. The highest BCUT2D eigenvalue weighted by atomic mass is 32.2. The number of anilines is 2. The second kappa shape index (κ2) is 5.70. The third-order valence-electron chi connectivity index (χ3n) is 3.38. The van der Waals surface area contributed by atoms with Crippen molar-refractivity contribution in [3.8, 4) is 0 Å². The summed E-state index contributed by atoms with van der Waals surface area (Å²) in [4.78, 5) is 22.6. The Kier molecular flexibility index (Phi) is 4.14. The molecule has 1 aromatic rings. The summed E-state index contributed by atoms with van der Waals surface area (Å²) < 4.78 is 22.9. The predicted molar refractivity (Wildman–Crippen MR) is 74.2 cm³/mol. The summed E-state index contributed by atoms with van der Waals surface area (Å²) in [6.45, 7) is 0.340. The van der Waals surface area contributed by atoms with Crippen molar-refractivity contribution < 1.29 is 28.6 Å². The molecule has 9 heteroatoms. The fourth-order valence-electron chi connectivity index (χ4n) is 2.31. The van der Waals surface area contributed by atoms with E-state index in [0.29, 0.717) is 13.0 Å². The van der Waals surface area contributed by atoms with Crippen molar-refractivity contribution in [1.82, 2.24) is 0 Å². The van der Waals surface area contributed by atoms with E-state index in [1.165, 1.54) is 19.2 Å². The molecule has 1 aromatic carbocycles. The highest BCUT2D eigenvalue weighted by molar-refractivity contribution is 7.80. The summed E-state index contributed by atoms with van der Waals surface area (Å²) in [6.07, 6.45) is 0.301. The van der Waals surface area contributed by atoms with Gasteiger partial charge in [-0.15, -0.1) is 0 Å². The average Bonchev–Trinajstić information content (AvgIpc) is 2.43. The zero-order chi connectivity index (χ0) is 15.7. The second-order valence-corrected chi connectivity index (χ2v) is 5.57. The number of carbonyl (C=O) groups is 2. The fraction of sp³-hybridized carbons (Fsp3) is 0.333. The molecule has 1 heterocycles. The van der Waals surface area contributed by atoms with Crippen molar-refractivity contribution in [2.24, 2.45) is 0 Å². The van der Waals surface area contributed by atoms with Crippen molar-refractivity contribution in [3.05, 3.63) is 23.3 Å². The summed E-state index contributed by atoms with van der Waals surface area (Å²) in [5.41, 5.74) is 0.469. The normalized spacial score (nSPS) is 18.3. The number of benzene rings is 1. The van der Waals surface area contributed by atoms with Gasteiger partial charge in [-0.3, -0.25) is 9.00 Å². The molecule has 114 valence electrons. The number of fused-ring (bicyclic) bond motifs is 1. The first kappa shape index (κ1) is 15.3. The van der Waals surface area contributed by atoms with Gasteiger partial charge in [0.25, 0.3) is 0 Å². The summed E-state index contributed by atoms with van der Waals surface area (Å²) in [7, 11) is 1.25. The lowest BCUT2D eigenvalue weighted by molar-refractivity contribution is -0.138. The average molecular weight is 313 g/mol. The number of hydrogen-bond acceptors (Lipinski definition) is 5. The summed E-state index contributed by atoms with van der Waals surface area (Å²) in [5, 5.41) is 21.4. The van der Waals surface area contributed by atoms with Crippen molar-refractivity contribution in [1.29, 1.82) is 0 Å². The van der Waals surface area contributed by atoms with Crippen LogP contribution >= 0.6 is 0 Å². The zero-order valence-corrected chi connectivity index (χ0v) is 11.8. The Morgan fingerprint density at radius 1 is 1.43 bits per heavy atom. The maximum atomic E-state index is 11.3. The van der Waals surface area contributed by atoms with Gasteiger partial charge in [-0.25, -0.2) is 4.79 Å². The lowest BCUT2D eigenvalue weighted by Gasteiger charge is -2.29. The largest absolute Gasteiger partial charge is 0.755 e. The van der Waals surface area contributed by atoms with E-state index < -0.39 is 29.1 Å². The van der Waals surface area contributed by atoms with Gasteiger partial charge in [0.05, 0.1) is 17.2 Å². The molecule has 0 radical (unpaired) electrons. The van der Waals surface area contributed by atoms with E-state index in [1.54, 1.807) is 0 Å². The topological polar surface area (TPSA) is 130 Å². The van der Waals surface area contributed by atoms with Gasteiger partial charge in [0.15, 0.2) is 0 Å². The summed E-state index contributed by atoms with van der Waals surface area (Å²) >= 11 is -2.58. The molecule has 0 spiro atoms. The van der Waals surface area contributed by atoms with Crippen LogP contribution in [0.3, 0.4) is 0 Å². The molecule has 21 heavy (non-hydrogen) atoms.